The van der Waals surface area contributed by atoms with Crippen molar-refractivity contribution in [2.24, 2.45) is 5.41 Å². The molecule has 1 atom stereocenters. The SMILES string of the molecule is CCCC1(CO)CCCN(C(=O)c2cc(C3CC3)no2)C1. The van der Waals surface area contributed by atoms with Gasteiger partial charge in [-0.05, 0) is 32.1 Å². The molecule has 1 aliphatic heterocycles. The van der Waals surface area contributed by atoms with Gasteiger partial charge in [0.25, 0.3) is 5.91 Å². The van der Waals surface area contributed by atoms with E-state index in [2.05, 4.69) is 12.1 Å². The van der Waals surface area contributed by atoms with Crippen LogP contribution in [0.1, 0.15) is 67.6 Å². The van der Waals surface area contributed by atoms with Crippen molar-refractivity contribution in [3.8, 4) is 0 Å². The molecule has 116 valence electrons. The van der Waals surface area contributed by atoms with Gasteiger partial charge in [0, 0.05) is 30.5 Å². The lowest BCUT2D eigenvalue weighted by Gasteiger charge is -2.41. The zero-order chi connectivity index (χ0) is 14.9. The summed E-state index contributed by atoms with van der Waals surface area (Å²) in [5.74, 6) is 0.762. The molecule has 5 heteroatoms. The van der Waals surface area contributed by atoms with Gasteiger partial charge >= 0.3 is 0 Å². The maximum atomic E-state index is 12.6. The highest BCUT2D eigenvalue weighted by Gasteiger charge is 2.37. The average molecular weight is 292 g/mol. The fourth-order valence-electron chi connectivity index (χ4n) is 3.44. The first kappa shape index (κ1) is 14.6. The standard InChI is InChI=1S/C16H24N2O3/c1-2-6-16(11-19)7-3-8-18(10-16)15(20)14-9-13(17-21-14)12-4-5-12/h9,12,19H,2-8,10-11H2,1H3. The Morgan fingerprint density at radius 2 is 2.38 bits per heavy atom. The minimum Gasteiger partial charge on any atom is -0.396 e. The van der Waals surface area contributed by atoms with Crippen LogP contribution in [0, 0.1) is 5.41 Å². The van der Waals surface area contributed by atoms with Crippen molar-refractivity contribution >= 4 is 5.91 Å². The van der Waals surface area contributed by atoms with E-state index in [-0.39, 0.29) is 17.9 Å². The van der Waals surface area contributed by atoms with Crippen LogP contribution in [-0.2, 0) is 0 Å². The van der Waals surface area contributed by atoms with Crippen molar-refractivity contribution in [2.75, 3.05) is 19.7 Å². The molecule has 1 aromatic rings. The van der Waals surface area contributed by atoms with E-state index in [1.807, 2.05) is 4.90 Å². The number of aliphatic hydroxyl groups excluding tert-OH is 1. The number of piperidine rings is 1. The molecule has 2 aliphatic rings. The summed E-state index contributed by atoms with van der Waals surface area (Å²) >= 11 is 0. The largest absolute Gasteiger partial charge is 0.396 e. The normalized spacial score (nSPS) is 26.1. The van der Waals surface area contributed by atoms with Gasteiger partial charge in [-0.1, -0.05) is 18.5 Å². The van der Waals surface area contributed by atoms with Gasteiger partial charge in [0.1, 0.15) is 0 Å². The lowest BCUT2D eigenvalue weighted by Crippen LogP contribution is -2.47. The summed E-state index contributed by atoms with van der Waals surface area (Å²) in [6.07, 6.45) is 6.20. The molecule has 0 aromatic carbocycles. The van der Waals surface area contributed by atoms with Crippen molar-refractivity contribution in [3.63, 3.8) is 0 Å². The number of aromatic nitrogens is 1. The second-order valence-corrected chi connectivity index (χ2v) is 6.63. The lowest BCUT2D eigenvalue weighted by atomic mass is 9.77. The van der Waals surface area contributed by atoms with Crippen LogP contribution in [0.15, 0.2) is 10.6 Å². The minimum atomic E-state index is -0.137. The fourth-order valence-corrected chi connectivity index (χ4v) is 3.44. The molecule has 1 amide bonds. The van der Waals surface area contributed by atoms with E-state index in [0.29, 0.717) is 18.2 Å². The summed E-state index contributed by atoms with van der Waals surface area (Å²) in [4.78, 5) is 14.4. The Morgan fingerprint density at radius 1 is 1.57 bits per heavy atom. The van der Waals surface area contributed by atoms with Crippen molar-refractivity contribution in [3.05, 3.63) is 17.5 Å². The van der Waals surface area contributed by atoms with Crippen LogP contribution >= 0.6 is 0 Å². The molecule has 0 bridgehead atoms. The molecule has 1 unspecified atom stereocenters. The highest BCUT2D eigenvalue weighted by atomic mass is 16.5. The summed E-state index contributed by atoms with van der Waals surface area (Å²) in [6, 6.07) is 1.80. The first-order valence-electron chi connectivity index (χ1n) is 8.04. The first-order chi connectivity index (χ1) is 10.2. The van der Waals surface area contributed by atoms with Gasteiger partial charge < -0.3 is 14.5 Å². The maximum absolute atomic E-state index is 12.6. The number of hydrogen-bond acceptors (Lipinski definition) is 4. The Kier molecular flexibility index (Phi) is 4.02. The third-order valence-electron chi connectivity index (χ3n) is 4.80. The van der Waals surface area contributed by atoms with E-state index in [0.717, 1.165) is 50.8 Å². The van der Waals surface area contributed by atoms with Crippen LogP contribution in [0.25, 0.3) is 0 Å². The van der Waals surface area contributed by atoms with Gasteiger partial charge in [-0.25, -0.2) is 0 Å². The van der Waals surface area contributed by atoms with E-state index in [1.54, 1.807) is 6.07 Å². The molecule has 1 N–H and O–H groups in total. The molecule has 1 saturated carbocycles. The molecule has 1 aliphatic carbocycles. The summed E-state index contributed by atoms with van der Waals surface area (Å²) in [5, 5.41) is 13.8. The molecular formula is C16H24N2O3. The number of likely N-dealkylation sites (tertiary alicyclic amines) is 1. The zero-order valence-electron chi connectivity index (χ0n) is 12.7. The molecule has 0 radical (unpaired) electrons. The van der Waals surface area contributed by atoms with Crippen molar-refractivity contribution in [1.29, 1.82) is 0 Å². The third kappa shape index (κ3) is 2.98. The van der Waals surface area contributed by atoms with Gasteiger partial charge in [-0.15, -0.1) is 0 Å². The second-order valence-electron chi connectivity index (χ2n) is 6.63. The van der Waals surface area contributed by atoms with E-state index in [1.165, 1.54) is 0 Å². The predicted octanol–water partition coefficient (Wildman–Crippen LogP) is 2.57. The molecule has 5 nitrogen and oxygen atoms in total. The van der Waals surface area contributed by atoms with Gasteiger partial charge in [0.2, 0.25) is 5.76 Å². The molecule has 2 fully saturated rings. The number of amides is 1. The van der Waals surface area contributed by atoms with E-state index in [9.17, 15) is 9.90 Å². The Hall–Kier alpha value is -1.36. The first-order valence-corrected chi connectivity index (χ1v) is 8.04. The fraction of sp³-hybridized carbons (Fsp3) is 0.750. The average Bonchev–Trinajstić information content (AvgIpc) is 3.24. The number of carbonyl (C=O) groups is 1. The van der Waals surface area contributed by atoms with Crippen LogP contribution in [0.2, 0.25) is 0 Å². The Balaban J connectivity index is 1.70. The lowest BCUT2D eigenvalue weighted by molar-refractivity contribution is 0.0200. The molecular weight excluding hydrogens is 268 g/mol. The zero-order valence-corrected chi connectivity index (χ0v) is 12.7. The topological polar surface area (TPSA) is 66.6 Å². The maximum Gasteiger partial charge on any atom is 0.292 e. The van der Waals surface area contributed by atoms with Crippen LogP contribution in [-0.4, -0.2) is 40.8 Å². The van der Waals surface area contributed by atoms with Crippen LogP contribution in [0.3, 0.4) is 0 Å². The predicted molar refractivity (Wildman–Crippen MR) is 78.0 cm³/mol. The Bertz CT molecular complexity index is 505. The minimum absolute atomic E-state index is 0.0805. The molecule has 2 heterocycles. The number of nitrogens with zero attached hydrogens (tertiary/aromatic N) is 2. The van der Waals surface area contributed by atoms with Crippen LogP contribution in [0.5, 0.6) is 0 Å². The third-order valence-corrected chi connectivity index (χ3v) is 4.80. The van der Waals surface area contributed by atoms with Gasteiger partial charge in [0.15, 0.2) is 0 Å². The molecule has 1 aromatic heterocycles. The van der Waals surface area contributed by atoms with E-state index < -0.39 is 0 Å². The molecule has 21 heavy (non-hydrogen) atoms. The molecule has 0 spiro atoms. The van der Waals surface area contributed by atoms with Crippen molar-refractivity contribution < 1.29 is 14.4 Å². The summed E-state index contributed by atoms with van der Waals surface area (Å²) in [7, 11) is 0. The Labute approximate surface area is 125 Å². The van der Waals surface area contributed by atoms with Crippen molar-refractivity contribution in [1.82, 2.24) is 10.1 Å². The Morgan fingerprint density at radius 3 is 3.05 bits per heavy atom. The van der Waals surface area contributed by atoms with E-state index in [4.69, 9.17) is 4.52 Å². The highest BCUT2D eigenvalue weighted by molar-refractivity contribution is 5.91. The summed E-state index contributed by atoms with van der Waals surface area (Å²) < 4.78 is 5.24. The van der Waals surface area contributed by atoms with Gasteiger partial charge in [-0.3, -0.25) is 4.79 Å². The summed E-state index contributed by atoms with van der Waals surface area (Å²) in [6.45, 7) is 3.63. The summed E-state index contributed by atoms with van der Waals surface area (Å²) in [5.41, 5.74) is 0.777. The smallest absolute Gasteiger partial charge is 0.292 e. The number of carbonyl (C=O) groups excluding carboxylic acids is 1. The molecule has 3 rings (SSSR count). The van der Waals surface area contributed by atoms with Crippen LogP contribution < -0.4 is 0 Å². The van der Waals surface area contributed by atoms with Gasteiger partial charge in [-0.2, -0.15) is 0 Å². The van der Waals surface area contributed by atoms with Crippen molar-refractivity contribution in [2.45, 2.75) is 51.4 Å². The second kappa shape index (κ2) is 5.79. The highest BCUT2D eigenvalue weighted by Crippen LogP contribution is 2.40. The van der Waals surface area contributed by atoms with Gasteiger partial charge in [0.05, 0.1) is 12.3 Å². The number of rotatable bonds is 5. The number of aliphatic hydroxyl groups is 1. The quantitative estimate of drug-likeness (QED) is 0.905. The number of hydrogen-bond donors (Lipinski definition) is 1. The molecule has 1 saturated heterocycles. The van der Waals surface area contributed by atoms with Crippen LogP contribution in [0.4, 0.5) is 0 Å². The van der Waals surface area contributed by atoms with E-state index >= 15 is 0 Å². The monoisotopic (exact) mass is 292 g/mol.